The van der Waals surface area contributed by atoms with Crippen molar-refractivity contribution in [2.24, 2.45) is 0 Å². The van der Waals surface area contributed by atoms with Gasteiger partial charge in [0.15, 0.2) is 0 Å². The van der Waals surface area contributed by atoms with Crippen LogP contribution in [0.1, 0.15) is 19.8 Å². The van der Waals surface area contributed by atoms with Crippen LogP contribution in [0.5, 0.6) is 0 Å². The van der Waals surface area contributed by atoms with Gasteiger partial charge in [0.05, 0.1) is 16.2 Å². The molecular formula is C21H20ClN5O2. The molecule has 148 valence electrons. The minimum Gasteiger partial charge on any atom is -0.344 e. The lowest BCUT2D eigenvalue weighted by molar-refractivity contribution is -0.117. The maximum absolute atomic E-state index is 13.0. The summed E-state index contributed by atoms with van der Waals surface area (Å²) in [6.45, 7) is 2.17. The lowest BCUT2D eigenvalue weighted by Gasteiger charge is -2.26. The summed E-state index contributed by atoms with van der Waals surface area (Å²) < 4.78 is 0. The third-order valence-corrected chi connectivity index (χ3v) is 5.21. The van der Waals surface area contributed by atoms with Crippen LogP contribution in [0.25, 0.3) is 10.9 Å². The molecule has 4 rings (SSSR count). The number of carbonyl (C=O) groups excluding carboxylic acids is 2. The molecule has 0 spiro atoms. The van der Waals surface area contributed by atoms with Crippen LogP contribution in [-0.4, -0.2) is 34.4 Å². The number of carbonyl (C=O) groups is 2. The maximum Gasteiger partial charge on any atom is 0.247 e. The van der Waals surface area contributed by atoms with E-state index in [1.54, 1.807) is 18.2 Å². The third-order valence-electron chi connectivity index (χ3n) is 4.90. The summed E-state index contributed by atoms with van der Waals surface area (Å²) in [5.41, 5.74) is 1.93. The Morgan fingerprint density at radius 2 is 1.97 bits per heavy atom. The Bertz CT molecular complexity index is 1080. The highest BCUT2D eigenvalue weighted by molar-refractivity contribution is 6.34. The Kier molecular flexibility index (Phi) is 5.31. The van der Waals surface area contributed by atoms with E-state index in [9.17, 15) is 9.59 Å². The Labute approximate surface area is 173 Å². The van der Waals surface area contributed by atoms with Crippen molar-refractivity contribution in [1.29, 1.82) is 0 Å². The monoisotopic (exact) mass is 409 g/mol. The van der Waals surface area contributed by atoms with Crippen LogP contribution < -0.4 is 15.5 Å². The van der Waals surface area contributed by atoms with Crippen LogP contribution in [0.2, 0.25) is 5.02 Å². The van der Waals surface area contributed by atoms with Gasteiger partial charge in [-0.15, -0.1) is 0 Å². The second-order valence-electron chi connectivity index (χ2n) is 6.93. The number of para-hydroxylation sites is 1. The fourth-order valence-corrected chi connectivity index (χ4v) is 3.85. The molecular weight excluding hydrogens is 390 g/mol. The standard InChI is InChI=1S/C21H20ClN5O2/c1-13(28)25-18-9-8-14(11-16(18)22)26-21(29)19-7-4-10-27(19)20-15-5-2-3-6-17(15)23-12-24-20/h2-3,5-6,8-9,11-12,19H,4,7,10H2,1H3,(H,25,28)(H,26,29)/t19-/m0/s1. The topological polar surface area (TPSA) is 87.2 Å². The van der Waals surface area contributed by atoms with Gasteiger partial charge in [-0.1, -0.05) is 23.7 Å². The number of halogens is 1. The predicted octanol–water partition coefficient (Wildman–Crippen LogP) is 3.85. The highest BCUT2D eigenvalue weighted by Gasteiger charge is 2.32. The van der Waals surface area contributed by atoms with Crippen molar-refractivity contribution in [2.75, 3.05) is 22.1 Å². The number of rotatable bonds is 4. The van der Waals surface area contributed by atoms with E-state index in [-0.39, 0.29) is 17.9 Å². The zero-order chi connectivity index (χ0) is 20.4. The number of hydrogen-bond acceptors (Lipinski definition) is 5. The SMILES string of the molecule is CC(=O)Nc1ccc(NC(=O)[C@@H]2CCCN2c2ncnc3ccccc23)cc1Cl. The van der Waals surface area contributed by atoms with Crippen molar-refractivity contribution in [3.05, 3.63) is 53.8 Å². The second kappa shape index (κ2) is 8.05. The van der Waals surface area contributed by atoms with Gasteiger partial charge < -0.3 is 15.5 Å². The predicted molar refractivity (Wildman–Crippen MR) is 114 cm³/mol. The van der Waals surface area contributed by atoms with E-state index >= 15 is 0 Å². The zero-order valence-electron chi connectivity index (χ0n) is 15.9. The van der Waals surface area contributed by atoms with Gasteiger partial charge in [-0.25, -0.2) is 9.97 Å². The van der Waals surface area contributed by atoms with E-state index in [4.69, 9.17) is 11.6 Å². The van der Waals surface area contributed by atoms with E-state index in [2.05, 4.69) is 20.6 Å². The molecule has 2 aromatic carbocycles. The van der Waals surface area contributed by atoms with E-state index in [1.807, 2.05) is 29.2 Å². The Hall–Kier alpha value is -3.19. The van der Waals surface area contributed by atoms with Gasteiger partial charge in [-0.05, 0) is 43.2 Å². The number of fused-ring (bicyclic) bond motifs is 1. The van der Waals surface area contributed by atoms with Gasteiger partial charge in [-0.3, -0.25) is 9.59 Å². The van der Waals surface area contributed by atoms with Crippen molar-refractivity contribution in [2.45, 2.75) is 25.8 Å². The van der Waals surface area contributed by atoms with Crippen molar-refractivity contribution in [3.8, 4) is 0 Å². The summed E-state index contributed by atoms with van der Waals surface area (Å²) in [6, 6.07) is 12.5. The van der Waals surface area contributed by atoms with Gasteiger partial charge in [0.1, 0.15) is 18.2 Å². The van der Waals surface area contributed by atoms with Crippen molar-refractivity contribution < 1.29 is 9.59 Å². The number of nitrogens with zero attached hydrogens (tertiary/aromatic N) is 3. The molecule has 1 fully saturated rings. The Morgan fingerprint density at radius 1 is 1.14 bits per heavy atom. The fourth-order valence-electron chi connectivity index (χ4n) is 3.62. The molecule has 2 N–H and O–H groups in total. The molecule has 0 bridgehead atoms. The smallest absolute Gasteiger partial charge is 0.247 e. The van der Waals surface area contributed by atoms with Crippen LogP contribution in [0.4, 0.5) is 17.2 Å². The van der Waals surface area contributed by atoms with Gasteiger partial charge in [0.25, 0.3) is 0 Å². The first-order valence-corrected chi connectivity index (χ1v) is 9.75. The van der Waals surface area contributed by atoms with Crippen LogP contribution in [0.3, 0.4) is 0 Å². The molecule has 1 aliphatic heterocycles. The van der Waals surface area contributed by atoms with E-state index in [0.717, 1.165) is 36.1 Å². The minimum atomic E-state index is -0.331. The molecule has 2 amide bonds. The van der Waals surface area contributed by atoms with Crippen LogP contribution in [-0.2, 0) is 9.59 Å². The Morgan fingerprint density at radius 3 is 2.76 bits per heavy atom. The third kappa shape index (κ3) is 4.00. The van der Waals surface area contributed by atoms with Crippen molar-refractivity contribution >= 4 is 51.5 Å². The molecule has 2 heterocycles. The lowest BCUT2D eigenvalue weighted by Crippen LogP contribution is -2.40. The number of anilines is 3. The number of benzene rings is 2. The first kappa shape index (κ1) is 19.1. The molecule has 29 heavy (non-hydrogen) atoms. The quantitative estimate of drug-likeness (QED) is 0.683. The number of nitrogens with one attached hydrogen (secondary N) is 2. The molecule has 0 saturated carbocycles. The van der Waals surface area contributed by atoms with Crippen molar-refractivity contribution in [1.82, 2.24) is 9.97 Å². The van der Waals surface area contributed by atoms with Gasteiger partial charge in [0, 0.05) is 24.5 Å². The molecule has 1 saturated heterocycles. The molecule has 1 atom stereocenters. The number of aromatic nitrogens is 2. The molecule has 1 aromatic heterocycles. The molecule has 7 nitrogen and oxygen atoms in total. The molecule has 8 heteroatoms. The summed E-state index contributed by atoms with van der Waals surface area (Å²) in [5, 5.41) is 6.87. The first-order chi connectivity index (χ1) is 14.0. The zero-order valence-corrected chi connectivity index (χ0v) is 16.6. The normalized spacial score (nSPS) is 16.1. The first-order valence-electron chi connectivity index (χ1n) is 9.37. The lowest BCUT2D eigenvalue weighted by atomic mass is 10.1. The van der Waals surface area contributed by atoms with E-state index in [1.165, 1.54) is 13.3 Å². The van der Waals surface area contributed by atoms with Gasteiger partial charge in [-0.2, -0.15) is 0 Å². The van der Waals surface area contributed by atoms with Crippen LogP contribution in [0, 0.1) is 0 Å². The second-order valence-corrected chi connectivity index (χ2v) is 7.34. The molecule has 1 aliphatic rings. The number of hydrogen-bond donors (Lipinski definition) is 2. The van der Waals surface area contributed by atoms with Gasteiger partial charge in [0.2, 0.25) is 11.8 Å². The van der Waals surface area contributed by atoms with E-state index in [0.29, 0.717) is 16.4 Å². The molecule has 0 aliphatic carbocycles. The molecule has 3 aromatic rings. The average Bonchev–Trinajstić information content (AvgIpc) is 3.19. The minimum absolute atomic E-state index is 0.117. The largest absolute Gasteiger partial charge is 0.344 e. The van der Waals surface area contributed by atoms with E-state index < -0.39 is 0 Å². The fraction of sp³-hybridized carbons (Fsp3) is 0.238. The summed E-state index contributed by atoms with van der Waals surface area (Å²) in [7, 11) is 0. The van der Waals surface area contributed by atoms with Crippen LogP contribution in [0.15, 0.2) is 48.8 Å². The van der Waals surface area contributed by atoms with Crippen LogP contribution >= 0.6 is 11.6 Å². The summed E-state index contributed by atoms with van der Waals surface area (Å²) in [5.74, 6) is 0.447. The summed E-state index contributed by atoms with van der Waals surface area (Å²) >= 11 is 6.21. The molecule has 0 unspecified atom stereocenters. The Balaban J connectivity index is 1.55. The average molecular weight is 410 g/mol. The van der Waals surface area contributed by atoms with Gasteiger partial charge >= 0.3 is 0 Å². The maximum atomic E-state index is 13.0. The number of amides is 2. The highest BCUT2D eigenvalue weighted by atomic mass is 35.5. The highest BCUT2D eigenvalue weighted by Crippen LogP contribution is 2.31. The van der Waals surface area contributed by atoms with Crippen molar-refractivity contribution in [3.63, 3.8) is 0 Å². The summed E-state index contributed by atoms with van der Waals surface area (Å²) in [4.78, 5) is 35.0. The summed E-state index contributed by atoms with van der Waals surface area (Å²) in [6.07, 6.45) is 3.17. The molecule has 0 radical (unpaired) electrons.